The summed E-state index contributed by atoms with van der Waals surface area (Å²) in [6.07, 6.45) is 0. The Balaban J connectivity index is 2.10. The Morgan fingerprint density at radius 1 is 0.955 bits per heavy atom. The third-order valence-corrected chi connectivity index (χ3v) is 4.02. The predicted octanol–water partition coefficient (Wildman–Crippen LogP) is 4.40. The van der Waals surface area contributed by atoms with Crippen LogP contribution in [0.25, 0.3) is 0 Å². The molecule has 2 aromatic carbocycles. The Kier molecular flexibility index (Phi) is 5.21. The summed E-state index contributed by atoms with van der Waals surface area (Å²) in [7, 11) is 0. The zero-order valence-electron chi connectivity index (χ0n) is 13.8. The van der Waals surface area contributed by atoms with Crippen molar-refractivity contribution in [2.24, 2.45) is 0 Å². The van der Waals surface area contributed by atoms with Crippen LogP contribution in [-0.2, 0) is 0 Å². The molecule has 1 amide bonds. The fraction of sp³-hybridized carbons (Fsp3) is 0.316. The van der Waals surface area contributed by atoms with Gasteiger partial charge < -0.3 is 10.2 Å². The minimum atomic E-state index is -0.0707. The first-order valence-electron chi connectivity index (χ1n) is 7.78. The summed E-state index contributed by atoms with van der Waals surface area (Å²) in [6, 6.07) is 13.8. The van der Waals surface area contributed by atoms with Crippen molar-refractivity contribution in [1.29, 1.82) is 0 Å². The van der Waals surface area contributed by atoms with Gasteiger partial charge in [0.1, 0.15) is 0 Å². The summed E-state index contributed by atoms with van der Waals surface area (Å²) in [6.45, 7) is 10.3. The normalized spacial score (nSPS) is 10.4. The first kappa shape index (κ1) is 16.1. The molecule has 0 bridgehead atoms. The number of rotatable bonds is 5. The van der Waals surface area contributed by atoms with Crippen molar-refractivity contribution >= 4 is 17.3 Å². The number of nitrogens with zero attached hydrogens (tertiary/aromatic N) is 1. The number of nitrogens with one attached hydrogen (secondary N) is 1. The zero-order valence-corrected chi connectivity index (χ0v) is 13.8. The van der Waals surface area contributed by atoms with Crippen molar-refractivity contribution < 1.29 is 4.79 Å². The van der Waals surface area contributed by atoms with Crippen LogP contribution in [0, 0.1) is 13.8 Å². The molecule has 0 spiro atoms. The van der Waals surface area contributed by atoms with E-state index in [9.17, 15) is 4.79 Å². The molecule has 0 unspecified atom stereocenters. The molecule has 1 N–H and O–H groups in total. The molecular formula is C19H24N2O. The van der Waals surface area contributed by atoms with Gasteiger partial charge in [0.25, 0.3) is 5.91 Å². The Morgan fingerprint density at radius 3 is 2.14 bits per heavy atom. The second-order valence-corrected chi connectivity index (χ2v) is 5.47. The van der Waals surface area contributed by atoms with E-state index in [2.05, 4.69) is 24.1 Å². The lowest BCUT2D eigenvalue weighted by atomic mass is 10.1. The third kappa shape index (κ3) is 3.67. The number of carbonyl (C=O) groups is 1. The fourth-order valence-electron chi connectivity index (χ4n) is 2.43. The standard InChI is InChI=1S/C19H24N2O/c1-5-21(6-2)18-11-9-17(10-12-18)20-19(22)16-8-7-14(3)15(4)13-16/h7-13H,5-6H2,1-4H3,(H,20,22). The van der Waals surface area contributed by atoms with E-state index in [0.29, 0.717) is 5.56 Å². The number of benzene rings is 2. The number of aryl methyl sites for hydroxylation is 2. The first-order chi connectivity index (χ1) is 10.5. The summed E-state index contributed by atoms with van der Waals surface area (Å²) in [5.74, 6) is -0.0707. The maximum absolute atomic E-state index is 12.3. The number of amides is 1. The monoisotopic (exact) mass is 296 g/mol. The molecule has 22 heavy (non-hydrogen) atoms. The highest BCUT2D eigenvalue weighted by Gasteiger charge is 2.08. The zero-order chi connectivity index (χ0) is 16.1. The van der Waals surface area contributed by atoms with Crippen molar-refractivity contribution in [3.63, 3.8) is 0 Å². The Bertz CT molecular complexity index is 643. The van der Waals surface area contributed by atoms with E-state index >= 15 is 0 Å². The lowest BCUT2D eigenvalue weighted by Crippen LogP contribution is -2.21. The van der Waals surface area contributed by atoms with Gasteiger partial charge in [0.2, 0.25) is 0 Å². The molecule has 2 aromatic rings. The van der Waals surface area contributed by atoms with Crippen molar-refractivity contribution in [2.75, 3.05) is 23.3 Å². The van der Waals surface area contributed by atoms with Gasteiger partial charge >= 0.3 is 0 Å². The molecule has 0 fully saturated rings. The van der Waals surface area contributed by atoms with E-state index in [1.165, 1.54) is 11.3 Å². The van der Waals surface area contributed by atoms with Crippen LogP contribution < -0.4 is 10.2 Å². The maximum Gasteiger partial charge on any atom is 0.255 e. The third-order valence-electron chi connectivity index (χ3n) is 4.02. The first-order valence-corrected chi connectivity index (χ1v) is 7.78. The van der Waals surface area contributed by atoms with Crippen LogP contribution in [0.2, 0.25) is 0 Å². The minimum Gasteiger partial charge on any atom is -0.372 e. The van der Waals surface area contributed by atoms with Crippen LogP contribution in [0.3, 0.4) is 0 Å². The molecule has 116 valence electrons. The van der Waals surface area contributed by atoms with E-state index in [1.807, 2.05) is 56.3 Å². The van der Waals surface area contributed by atoms with E-state index in [1.54, 1.807) is 0 Å². The van der Waals surface area contributed by atoms with Crippen LogP contribution in [0.5, 0.6) is 0 Å². The van der Waals surface area contributed by atoms with Gasteiger partial charge in [0, 0.05) is 30.0 Å². The predicted molar refractivity (Wildman–Crippen MR) is 93.9 cm³/mol. The van der Waals surface area contributed by atoms with Crippen LogP contribution in [-0.4, -0.2) is 19.0 Å². The van der Waals surface area contributed by atoms with Gasteiger partial charge in [-0.1, -0.05) is 6.07 Å². The van der Waals surface area contributed by atoms with Crippen molar-refractivity contribution in [2.45, 2.75) is 27.7 Å². The summed E-state index contributed by atoms with van der Waals surface area (Å²) in [4.78, 5) is 14.6. The maximum atomic E-state index is 12.3. The van der Waals surface area contributed by atoms with Gasteiger partial charge in [-0.2, -0.15) is 0 Å². The summed E-state index contributed by atoms with van der Waals surface area (Å²) in [5, 5.41) is 2.95. The topological polar surface area (TPSA) is 32.3 Å². The minimum absolute atomic E-state index is 0.0707. The smallest absolute Gasteiger partial charge is 0.255 e. The average Bonchev–Trinajstić information content (AvgIpc) is 2.52. The van der Waals surface area contributed by atoms with Crippen LogP contribution in [0.15, 0.2) is 42.5 Å². The second-order valence-electron chi connectivity index (χ2n) is 5.47. The number of anilines is 2. The summed E-state index contributed by atoms with van der Waals surface area (Å²) >= 11 is 0. The quantitative estimate of drug-likeness (QED) is 0.887. The number of hydrogen-bond donors (Lipinski definition) is 1. The number of hydrogen-bond acceptors (Lipinski definition) is 2. The molecule has 0 aliphatic rings. The van der Waals surface area contributed by atoms with Gasteiger partial charge in [-0.05, 0) is 75.2 Å². The molecule has 0 atom stereocenters. The Morgan fingerprint density at radius 2 is 1.59 bits per heavy atom. The highest BCUT2D eigenvalue weighted by atomic mass is 16.1. The Labute approximate surface area is 133 Å². The van der Waals surface area contributed by atoms with E-state index in [4.69, 9.17) is 0 Å². The lowest BCUT2D eigenvalue weighted by molar-refractivity contribution is 0.102. The molecule has 0 saturated heterocycles. The largest absolute Gasteiger partial charge is 0.372 e. The average molecular weight is 296 g/mol. The lowest BCUT2D eigenvalue weighted by Gasteiger charge is -2.21. The SMILES string of the molecule is CCN(CC)c1ccc(NC(=O)c2ccc(C)c(C)c2)cc1. The second kappa shape index (κ2) is 7.12. The molecule has 0 aliphatic heterocycles. The van der Waals surface area contributed by atoms with Gasteiger partial charge in [0.05, 0.1) is 0 Å². The van der Waals surface area contributed by atoms with Gasteiger partial charge in [0.15, 0.2) is 0 Å². The van der Waals surface area contributed by atoms with E-state index in [-0.39, 0.29) is 5.91 Å². The number of carbonyl (C=O) groups excluding carboxylic acids is 1. The molecule has 0 radical (unpaired) electrons. The van der Waals surface area contributed by atoms with Gasteiger partial charge in [-0.15, -0.1) is 0 Å². The van der Waals surface area contributed by atoms with Crippen LogP contribution in [0.4, 0.5) is 11.4 Å². The van der Waals surface area contributed by atoms with E-state index < -0.39 is 0 Å². The van der Waals surface area contributed by atoms with Crippen molar-refractivity contribution in [3.05, 3.63) is 59.2 Å². The van der Waals surface area contributed by atoms with Crippen molar-refractivity contribution in [3.8, 4) is 0 Å². The highest BCUT2D eigenvalue weighted by molar-refractivity contribution is 6.04. The molecule has 3 heteroatoms. The summed E-state index contributed by atoms with van der Waals surface area (Å²) < 4.78 is 0. The fourth-order valence-corrected chi connectivity index (χ4v) is 2.43. The van der Waals surface area contributed by atoms with E-state index in [0.717, 1.165) is 24.3 Å². The molecule has 0 aromatic heterocycles. The molecule has 0 saturated carbocycles. The molecule has 3 nitrogen and oxygen atoms in total. The van der Waals surface area contributed by atoms with Gasteiger partial charge in [-0.25, -0.2) is 0 Å². The molecular weight excluding hydrogens is 272 g/mol. The molecule has 0 aliphatic carbocycles. The van der Waals surface area contributed by atoms with Crippen molar-refractivity contribution in [1.82, 2.24) is 0 Å². The van der Waals surface area contributed by atoms with Gasteiger partial charge in [-0.3, -0.25) is 4.79 Å². The Hall–Kier alpha value is -2.29. The highest BCUT2D eigenvalue weighted by Crippen LogP contribution is 2.18. The molecule has 0 heterocycles. The summed E-state index contributed by atoms with van der Waals surface area (Å²) in [5.41, 5.74) is 5.01. The van der Waals surface area contributed by atoms with Crippen LogP contribution in [0.1, 0.15) is 35.3 Å². The molecule has 2 rings (SSSR count). The van der Waals surface area contributed by atoms with Crippen LogP contribution >= 0.6 is 0 Å².